The summed E-state index contributed by atoms with van der Waals surface area (Å²) in [5, 5.41) is 20.6. The van der Waals surface area contributed by atoms with E-state index in [4.69, 9.17) is 5.73 Å². The molecule has 0 unspecified atom stereocenters. The maximum Gasteiger partial charge on any atom is 0.191 e. The van der Waals surface area contributed by atoms with Crippen molar-refractivity contribution in [2.45, 2.75) is 32.7 Å². The first-order chi connectivity index (χ1) is 15.6. The summed E-state index contributed by atoms with van der Waals surface area (Å²) in [6.45, 7) is 3.50. The van der Waals surface area contributed by atoms with E-state index in [0.29, 0.717) is 42.4 Å². The highest BCUT2D eigenvalue weighted by atomic mass is 127. The van der Waals surface area contributed by atoms with Gasteiger partial charge in [0.25, 0.3) is 0 Å². The van der Waals surface area contributed by atoms with Crippen LogP contribution in [0.4, 0.5) is 10.2 Å². The number of aryl methyl sites for hydroxylation is 2. The highest BCUT2D eigenvalue weighted by Gasteiger charge is 2.16. The molecule has 33 heavy (non-hydrogen) atoms. The Morgan fingerprint density at radius 3 is 2.48 bits per heavy atom. The SMILES string of the molecule is CCc1ccccc1CNC(=NC)NCCCc1nn(-c2ccc(F)cc2)c(N)c1C#N.I. The summed E-state index contributed by atoms with van der Waals surface area (Å²) in [7, 11) is 1.74. The van der Waals surface area contributed by atoms with Crippen LogP contribution in [0.3, 0.4) is 0 Å². The highest BCUT2D eigenvalue weighted by Crippen LogP contribution is 2.21. The average Bonchev–Trinajstić information content (AvgIpc) is 3.14. The molecule has 0 aliphatic heterocycles. The Labute approximate surface area is 210 Å². The summed E-state index contributed by atoms with van der Waals surface area (Å²) >= 11 is 0. The van der Waals surface area contributed by atoms with E-state index in [0.717, 1.165) is 12.8 Å². The van der Waals surface area contributed by atoms with E-state index in [1.807, 2.05) is 6.07 Å². The van der Waals surface area contributed by atoms with Gasteiger partial charge in [0.15, 0.2) is 5.96 Å². The van der Waals surface area contributed by atoms with Gasteiger partial charge in [-0.1, -0.05) is 31.2 Å². The van der Waals surface area contributed by atoms with Gasteiger partial charge < -0.3 is 16.4 Å². The molecule has 0 saturated heterocycles. The minimum Gasteiger partial charge on any atom is -0.382 e. The molecule has 0 amide bonds. The molecule has 0 saturated carbocycles. The van der Waals surface area contributed by atoms with Crippen LogP contribution in [0.25, 0.3) is 5.69 Å². The number of nitrogens with one attached hydrogen (secondary N) is 2. The van der Waals surface area contributed by atoms with Crippen LogP contribution in [0.2, 0.25) is 0 Å². The largest absolute Gasteiger partial charge is 0.382 e. The summed E-state index contributed by atoms with van der Waals surface area (Å²) in [5.74, 6) is 0.633. The number of halogens is 2. The van der Waals surface area contributed by atoms with Crippen molar-refractivity contribution in [3.05, 3.63) is 76.7 Å². The number of anilines is 1. The molecule has 0 bridgehead atoms. The molecule has 7 nitrogen and oxygen atoms in total. The van der Waals surface area contributed by atoms with E-state index in [9.17, 15) is 9.65 Å². The van der Waals surface area contributed by atoms with Crippen molar-refractivity contribution < 1.29 is 4.39 Å². The molecule has 9 heteroatoms. The fraction of sp³-hybridized carbons (Fsp3) is 0.292. The third-order valence-corrected chi connectivity index (χ3v) is 5.23. The van der Waals surface area contributed by atoms with E-state index >= 15 is 0 Å². The molecule has 0 spiro atoms. The topological polar surface area (TPSA) is 104 Å². The molecule has 3 rings (SSSR count). The third kappa shape index (κ3) is 6.68. The molecule has 0 fully saturated rings. The number of benzene rings is 2. The molecule has 0 aliphatic rings. The maximum atomic E-state index is 13.2. The van der Waals surface area contributed by atoms with Gasteiger partial charge in [0.05, 0.1) is 11.4 Å². The van der Waals surface area contributed by atoms with E-state index < -0.39 is 0 Å². The third-order valence-electron chi connectivity index (χ3n) is 5.23. The predicted octanol–water partition coefficient (Wildman–Crippen LogP) is 3.94. The Kier molecular flexibility index (Phi) is 10.1. The summed E-state index contributed by atoms with van der Waals surface area (Å²) in [6.07, 6.45) is 2.30. The normalized spacial score (nSPS) is 10.9. The van der Waals surface area contributed by atoms with Crippen LogP contribution < -0.4 is 16.4 Å². The first-order valence-corrected chi connectivity index (χ1v) is 10.6. The van der Waals surface area contributed by atoms with E-state index in [1.165, 1.54) is 27.9 Å². The zero-order valence-corrected chi connectivity index (χ0v) is 21.1. The number of aliphatic imine (C=N–C) groups is 1. The minimum absolute atomic E-state index is 0. The van der Waals surface area contributed by atoms with Gasteiger partial charge in [-0.05, 0) is 54.7 Å². The zero-order valence-electron chi connectivity index (χ0n) is 18.8. The summed E-state index contributed by atoms with van der Waals surface area (Å²) < 4.78 is 14.7. The second-order valence-corrected chi connectivity index (χ2v) is 7.29. The first kappa shape index (κ1) is 26.1. The quantitative estimate of drug-likeness (QED) is 0.167. The monoisotopic (exact) mass is 561 g/mol. The lowest BCUT2D eigenvalue weighted by Gasteiger charge is -2.13. The molecule has 1 aromatic heterocycles. The fourth-order valence-corrected chi connectivity index (χ4v) is 3.49. The highest BCUT2D eigenvalue weighted by molar-refractivity contribution is 14.0. The number of aromatic nitrogens is 2. The number of nitrogen functional groups attached to an aromatic ring is 1. The van der Waals surface area contributed by atoms with Crippen molar-refractivity contribution in [1.82, 2.24) is 20.4 Å². The first-order valence-electron chi connectivity index (χ1n) is 10.6. The number of nitriles is 1. The molecule has 0 aliphatic carbocycles. The van der Waals surface area contributed by atoms with Crippen LogP contribution in [0.15, 0.2) is 53.5 Å². The van der Waals surface area contributed by atoms with E-state index in [-0.39, 0.29) is 35.6 Å². The van der Waals surface area contributed by atoms with Gasteiger partial charge in [-0.15, -0.1) is 24.0 Å². The molecular weight excluding hydrogens is 532 g/mol. The zero-order chi connectivity index (χ0) is 22.9. The number of nitrogens with zero attached hydrogens (tertiary/aromatic N) is 4. The number of nitrogens with two attached hydrogens (primary N) is 1. The van der Waals surface area contributed by atoms with Crippen molar-refractivity contribution in [3.63, 3.8) is 0 Å². The van der Waals surface area contributed by atoms with Gasteiger partial charge in [-0.2, -0.15) is 10.4 Å². The van der Waals surface area contributed by atoms with Crippen molar-refractivity contribution in [3.8, 4) is 11.8 Å². The van der Waals surface area contributed by atoms with Crippen molar-refractivity contribution in [1.29, 1.82) is 5.26 Å². The van der Waals surface area contributed by atoms with Crippen LogP contribution >= 0.6 is 24.0 Å². The molecule has 0 radical (unpaired) electrons. The summed E-state index contributed by atoms with van der Waals surface area (Å²) in [4.78, 5) is 4.27. The number of guanidine groups is 1. The molecule has 1 heterocycles. The maximum absolute atomic E-state index is 13.2. The predicted molar refractivity (Wildman–Crippen MR) is 140 cm³/mol. The standard InChI is InChI=1S/C24H28FN7.HI/c1-3-17-7-4-5-8-18(17)16-30-24(28-2)29-14-6-9-22-21(15-26)23(27)32(31-22)20-12-10-19(25)11-13-20;/h4-5,7-8,10-13H,3,6,9,14,16,27H2,1-2H3,(H2,28,29,30);1H. The smallest absolute Gasteiger partial charge is 0.191 e. The Hall–Kier alpha value is -3.13. The number of rotatable bonds is 8. The Morgan fingerprint density at radius 2 is 1.85 bits per heavy atom. The minimum atomic E-state index is -0.341. The Bertz CT molecular complexity index is 1120. The summed E-state index contributed by atoms with van der Waals surface area (Å²) in [6, 6.07) is 16.3. The van der Waals surface area contributed by atoms with Gasteiger partial charge in [0, 0.05) is 20.1 Å². The second-order valence-electron chi connectivity index (χ2n) is 7.29. The van der Waals surface area contributed by atoms with E-state index in [1.54, 1.807) is 19.2 Å². The van der Waals surface area contributed by atoms with Gasteiger partial charge in [0.2, 0.25) is 0 Å². The van der Waals surface area contributed by atoms with Crippen LogP contribution in [-0.2, 0) is 19.4 Å². The van der Waals surface area contributed by atoms with Crippen LogP contribution in [0, 0.1) is 17.1 Å². The lowest BCUT2D eigenvalue weighted by molar-refractivity contribution is 0.627. The lowest BCUT2D eigenvalue weighted by atomic mass is 10.1. The van der Waals surface area contributed by atoms with Gasteiger partial charge in [0.1, 0.15) is 23.3 Å². The Morgan fingerprint density at radius 1 is 1.15 bits per heavy atom. The molecule has 4 N–H and O–H groups in total. The van der Waals surface area contributed by atoms with Gasteiger partial charge >= 0.3 is 0 Å². The second kappa shape index (κ2) is 12.8. The average molecular weight is 561 g/mol. The lowest BCUT2D eigenvalue weighted by Crippen LogP contribution is -2.37. The number of hydrogen-bond acceptors (Lipinski definition) is 4. The van der Waals surface area contributed by atoms with Crippen LogP contribution in [-0.4, -0.2) is 29.3 Å². The number of hydrogen-bond donors (Lipinski definition) is 3. The fourth-order valence-electron chi connectivity index (χ4n) is 3.49. The van der Waals surface area contributed by atoms with E-state index in [2.05, 4.69) is 51.9 Å². The molecule has 2 aromatic carbocycles. The summed E-state index contributed by atoms with van der Waals surface area (Å²) in [5.41, 5.74) is 10.3. The van der Waals surface area contributed by atoms with Crippen molar-refractivity contribution in [2.75, 3.05) is 19.3 Å². The van der Waals surface area contributed by atoms with Crippen LogP contribution in [0.1, 0.15) is 35.7 Å². The molecule has 3 aromatic rings. The van der Waals surface area contributed by atoms with Gasteiger partial charge in [-0.3, -0.25) is 4.99 Å². The molecule has 174 valence electrons. The van der Waals surface area contributed by atoms with Crippen molar-refractivity contribution >= 4 is 35.8 Å². The van der Waals surface area contributed by atoms with Crippen LogP contribution in [0.5, 0.6) is 0 Å². The molecular formula is C24H29FIN7. The van der Waals surface area contributed by atoms with Gasteiger partial charge in [-0.25, -0.2) is 9.07 Å². The van der Waals surface area contributed by atoms with Crippen molar-refractivity contribution in [2.24, 2.45) is 4.99 Å². The Balaban J connectivity index is 0.00000385. The molecule has 0 atom stereocenters.